The number of aromatic nitrogens is 1. The van der Waals surface area contributed by atoms with Gasteiger partial charge in [-0.3, -0.25) is 4.79 Å². The zero-order valence-corrected chi connectivity index (χ0v) is 16.1. The molecule has 4 nitrogen and oxygen atoms in total. The number of anilines is 1. The molecule has 0 atom stereocenters. The van der Waals surface area contributed by atoms with Crippen LogP contribution in [0.4, 0.5) is 10.1 Å². The number of rotatable bonds is 4. The number of nitrogens with zero attached hydrogens (tertiary/aromatic N) is 1. The number of amides is 1. The van der Waals surface area contributed by atoms with E-state index < -0.39 is 0 Å². The molecule has 0 fully saturated rings. The van der Waals surface area contributed by atoms with Gasteiger partial charge in [0.15, 0.2) is 5.76 Å². The minimum atomic E-state index is -0.363. The highest BCUT2D eigenvalue weighted by atomic mass is 79.9. The molecule has 0 saturated carbocycles. The van der Waals surface area contributed by atoms with Crippen molar-refractivity contribution in [1.82, 2.24) is 4.98 Å². The van der Waals surface area contributed by atoms with Crippen molar-refractivity contribution in [2.45, 2.75) is 0 Å². The standard InChI is InChI=1S/C22H14BrFN2O2/c23-15-5-3-4-14(12-15)20-13-25-22(28-20)19-7-2-1-6-18(19)21(27)26-17-10-8-16(24)9-11-17/h1-13H,(H,26,27). The first-order valence-electron chi connectivity index (χ1n) is 8.48. The van der Waals surface area contributed by atoms with E-state index in [1.165, 1.54) is 24.3 Å². The zero-order valence-electron chi connectivity index (χ0n) is 14.5. The second kappa shape index (κ2) is 7.78. The Morgan fingerprint density at radius 2 is 1.79 bits per heavy atom. The van der Waals surface area contributed by atoms with Crippen LogP contribution < -0.4 is 5.32 Å². The van der Waals surface area contributed by atoms with Gasteiger partial charge in [0.25, 0.3) is 5.91 Å². The second-order valence-electron chi connectivity index (χ2n) is 6.05. The Hall–Kier alpha value is -3.25. The van der Waals surface area contributed by atoms with E-state index in [1.807, 2.05) is 30.3 Å². The molecule has 1 aromatic heterocycles. The van der Waals surface area contributed by atoms with E-state index in [0.717, 1.165) is 10.0 Å². The third kappa shape index (κ3) is 3.87. The van der Waals surface area contributed by atoms with Crippen molar-refractivity contribution < 1.29 is 13.6 Å². The van der Waals surface area contributed by atoms with Gasteiger partial charge in [-0.05, 0) is 48.5 Å². The average molecular weight is 437 g/mol. The number of carbonyl (C=O) groups is 1. The lowest BCUT2D eigenvalue weighted by Gasteiger charge is -2.08. The predicted octanol–water partition coefficient (Wildman–Crippen LogP) is 6.16. The molecule has 1 N–H and O–H groups in total. The summed E-state index contributed by atoms with van der Waals surface area (Å²) in [5.41, 5.74) is 2.36. The summed E-state index contributed by atoms with van der Waals surface area (Å²) in [5.74, 6) is 0.257. The van der Waals surface area contributed by atoms with Gasteiger partial charge < -0.3 is 9.73 Å². The van der Waals surface area contributed by atoms with Crippen LogP contribution in [0.25, 0.3) is 22.8 Å². The molecule has 0 aliphatic carbocycles. The van der Waals surface area contributed by atoms with Crippen LogP contribution in [0.3, 0.4) is 0 Å². The topological polar surface area (TPSA) is 55.1 Å². The Balaban J connectivity index is 1.65. The minimum Gasteiger partial charge on any atom is -0.436 e. The minimum absolute atomic E-state index is 0.329. The molecule has 28 heavy (non-hydrogen) atoms. The summed E-state index contributed by atoms with van der Waals surface area (Å²) in [7, 11) is 0. The van der Waals surface area contributed by atoms with E-state index in [1.54, 1.807) is 24.4 Å². The molecule has 0 aliphatic rings. The number of halogens is 2. The summed E-state index contributed by atoms with van der Waals surface area (Å²) in [6.07, 6.45) is 1.63. The fourth-order valence-corrected chi connectivity index (χ4v) is 3.17. The highest BCUT2D eigenvalue weighted by molar-refractivity contribution is 9.10. The van der Waals surface area contributed by atoms with Crippen LogP contribution in [0.5, 0.6) is 0 Å². The first-order valence-corrected chi connectivity index (χ1v) is 9.27. The van der Waals surface area contributed by atoms with Gasteiger partial charge in [0, 0.05) is 21.3 Å². The molecular weight excluding hydrogens is 423 g/mol. The maximum atomic E-state index is 13.1. The number of benzene rings is 3. The molecule has 0 unspecified atom stereocenters. The predicted molar refractivity (Wildman–Crippen MR) is 109 cm³/mol. The van der Waals surface area contributed by atoms with Crippen LogP contribution in [-0.4, -0.2) is 10.9 Å². The maximum Gasteiger partial charge on any atom is 0.256 e. The third-order valence-electron chi connectivity index (χ3n) is 4.12. The van der Waals surface area contributed by atoms with E-state index in [4.69, 9.17) is 4.42 Å². The summed E-state index contributed by atoms with van der Waals surface area (Å²) < 4.78 is 19.9. The van der Waals surface area contributed by atoms with E-state index >= 15 is 0 Å². The highest BCUT2D eigenvalue weighted by Gasteiger charge is 2.17. The van der Waals surface area contributed by atoms with Gasteiger partial charge in [-0.2, -0.15) is 0 Å². The maximum absolute atomic E-state index is 13.1. The van der Waals surface area contributed by atoms with Gasteiger partial charge in [-0.25, -0.2) is 9.37 Å². The lowest BCUT2D eigenvalue weighted by atomic mass is 10.1. The number of hydrogen-bond acceptors (Lipinski definition) is 3. The molecule has 0 radical (unpaired) electrons. The summed E-state index contributed by atoms with van der Waals surface area (Å²) in [5, 5.41) is 2.76. The van der Waals surface area contributed by atoms with Crippen molar-refractivity contribution in [1.29, 1.82) is 0 Å². The molecule has 0 bridgehead atoms. The van der Waals surface area contributed by atoms with Crippen LogP contribution in [0.15, 0.2) is 87.9 Å². The molecule has 0 aliphatic heterocycles. The first kappa shape index (κ1) is 18.1. The molecule has 6 heteroatoms. The second-order valence-corrected chi connectivity index (χ2v) is 6.96. The summed E-state index contributed by atoms with van der Waals surface area (Å²) in [6.45, 7) is 0. The SMILES string of the molecule is O=C(Nc1ccc(F)cc1)c1ccccc1-c1ncc(-c2cccc(Br)c2)o1. The lowest BCUT2D eigenvalue weighted by Crippen LogP contribution is -2.13. The number of carbonyl (C=O) groups excluding carboxylic acids is 1. The van der Waals surface area contributed by atoms with Crippen molar-refractivity contribution in [3.63, 3.8) is 0 Å². The van der Waals surface area contributed by atoms with Gasteiger partial charge in [0.1, 0.15) is 5.82 Å². The molecule has 0 spiro atoms. The van der Waals surface area contributed by atoms with Crippen molar-refractivity contribution in [3.05, 3.63) is 94.8 Å². The zero-order chi connectivity index (χ0) is 19.5. The molecular formula is C22H14BrFN2O2. The Labute approximate surface area is 169 Å². The van der Waals surface area contributed by atoms with Gasteiger partial charge in [0.05, 0.1) is 11.8 Å². The number of oxazole rings is 1. The Bertz CT molecular complexity index is 1140. The van der Waals surface area contributed by atoms with Crippen molar-refractivity contribution in [2.75, 3.05) is 5.32 Å². The van der Waals surface area contributed by atoms with Crippen LogP contribution in [0.1, 0.15) is 10.4 Å². The van der Waals surface area contributed by atoms with Crippen molar-refractivity contribution >= 4 is 27.5 Å². The summed E-state index contributed by atoms with van der Waals surface area (Å²) >= 11 is 3.44. The van der Waals surface area contributed by atoms with Gasteiger partial charge in [-0.15, -0.1) is 0 Å². The summed E-state index contributed by atoms with van der Waals surface area (Å²) in [6, 6.07) is 20.3. The van der Waals surface area contributed by atoms with E-state index in [2.05, 4.69) is 26.2 Å². The fraction of sp³-hybridized carbons (Fsp3) is 0. The van der Waals surface area contributed by atoms with Crippen LogP contribution in [0, 0.1) is 5.82 Å². The Kier molecular flexibility index (Phi) is 5.04. The molecule has 138 valence electrons. The molecule has 1 heterocycles. The van der Waals surface area contributed by atoms with E-state index in [9.17, 15) is 9.18 Å². The molecule has 3 aromatic carbocycles. The van der Waals surface area contributed by atoms with Crippen molar-refractivity contribution in [3.8, 4) is 22.8 Å². The van der Waals surface area contributed by atoms with Crippen LogP contribution in [-0.2, 0) is 0 Å². The average Bonchev–Trinajstić information content (AvgIpc) is 3.20. The third-order valence-corrected chi connectivity index (χ3v) is 4.61. The Morgan fingerprint density at radius 1 is 1.00 bits per heavy atom. The fourth-order valence-electron chi connectivity index (χ4n) is 2.77. The lowest BCUT2D eigenvalue weighted by molar-refractivity contribution is 0.102. The normalized spacial score (nSPS) is 10.6. The largest absolute Gasteiger partial charge is 0.436 e. The molecule has 1 amide bonds. The van der Waals surface area contributed by atoms with Gasteiger partial charge in [0.2, 0.25) is 5.89 Å². The quantitative estimate of drug-likeness (QED) is 0.416. The number of hydrogen-bond donors (Lipinski definition) is 1. The monoisotopic (exact) mass is 436 g/mol. The van der Waals surface area contributed by atoms with Gasteiger partial charge in [-0.1, -0.05) is 40.2 Å². The van der Waals surface area contributed by atoms with Gasteiger partial charge >= 0.3 is 0 Å². The smallest absolute Gasteiger partial charge is 0.256 e. The molecule has 4 aromatic rings. The van der Waals surface area contributed by atoms with Crippen LogP contribution >= 0.6 is 15.9 Å². The van der Waals surface area contributed by atoms with Crippen LogP contribution in [0.2, 0.25) is 0 Å². The van der Waals surface area contributed by atoms with Crippen molar-refractivity contribution in [2.24, 2.45) is 0 Å². The summed E-state index contributed by atoms with van der Waals surface area (Å²) in [4.78, 5) is 17.1. The molecule has 0 saturated heterocycles. The molecule has 4 rings (SSSR count). The number of nitrogens with one attached hydrogen (secondary N) is 1. The van der Waals surface area contributed by atoms with E-state index in [0.29, 0.717) is 28.5 Å². The highest BCUT2D eigenvalue weighted by Crippen LogP contribution is 2.29. The Morgan fingerprint density at radius 3 is 2.57 bits per heavy atom. The first-order chi connectivity index (χ1) is 13.6. The van der Waals surface area contributed by atoms with E-state index in [-0.39, 0.29) is 11.7 Å².